The first-order valence-corrected chi connectivity index (χ1v) is 8.07. The van der Waals surface area contributed by atoms with Crippen LogP contribution in [0.25, 0.3) is 22.2 Å². The summed E-state index contributed by atoms with van der Waals surface area (Å²) in [6.45, 7) is 1.96. The van der Waals surface area contributed by atoms with Gasteiger partial charge in [0.15, 0.2) is 0 Å². The van der Waals surface area contributed by atoms with E-state index in [1.807, 2.05) is 42.9 Å². The third-order valence-corrected chi connectivity index (χ3v) is 4.29. The number of carbonyl (C=O) groups is 1. The molecular formula is C18H17N7O. The number of nitrogens with zero attached hydrogens (tertiary/aromatic N) is 6. The molecule has 8 nitrogen and oxygen atoms in total. The summed E-state index contributed by atoms with van der Waals surface area (Å²) < 4.78 is 3.59. The first kappa shape index (κ1) is 15.9. The minimum atomic E-state index is -0.295. The van der Waals surface area contributed by atoms with Gasteiger partial charge < -0.3 is 4.57 Å². The van der Waals surface area contributed by atoms with Crippen LogP contribution >= 0.6 is 0 Å². The summed E-state index contributed by atoms with van der Waals surface area (Å²) in [5, 5.41) is 7.59. The van der Waals surface area contributed by atoms with E-state index in [-0.39, 0.29) is 11.9 Å². The van der Waals surface area contributed by atoms with Gasteiger partial charge in [-0.3, -0.25) is 14.8 Å². The minimum Gasteiger partial charge on any atom is -0.331 e. The number of anilines is 1. The zero-order chi connectivity index (χ0) is 18.3. The Kier molecular flexibility index (Phi) is 3.72. The van der Waals surface area contributed by atoms with E-state index in [1.54, 1.807) is 24.1 Å². The molecule has 3 heterocycles. The fourth-order valence-corrected chi connectivity index (χ4v) is 2.73. The Bertz CT molecular complexity index is 1130. The summed E-state index contributed by atoms with van der Waals surface area (Å²) in [4.78, 5) is 25.3. The summed E-state index contributed by atoms with van der Waals surface area (Å²) in [5.74, 6) is 0.896. The molecule has 0 fully saturated rings. The second-order valence-electron chi connectivity index (χ2n) is 6.07. The van der Waals surface area contributed by atoms with E-state index < -0.39 is 0 Å². The molecule has 1 N–H and O–H groups in total. The molecule has 0 aliphatic rings. The summed E-state index contributed by atoms with van der Waals surface area (Å²) in [6.07, 6.45) is 6.67. The largest absolute Gasteiger partial charge is 0.331 e. The molecule has 1 amide bonds. The van der Waals surface area contributed by atoms with Crippen LogP contribution in [0.15, 0.2) is 43.0 Å². The van der Waals surface area contributed by atoms with Crippen molar-refractivity contribution in [3.8, 4) is 11.3 Å². The number of benzene rings is 1. The van der Waals surface area contributed by atoms with Gasteiger partial charge in [0, 0.05) is 37.4 Å². The van der Waals surface area contributed by atoms with Crippen LogP contribution in [0.4, 0.5) is 5.95 Å². The predicted octanol–water partition coefficient (Wildman–Crippen LogP) is 2.32. The third-order valence-electron chi connectivity index (χ3n) is 4.29. The highest BCUT2D eigenvalue weighted by molar-refractivity contribution is 6.03. The highest BCUT2D eigenvalue weighted by Gasteiger charge is 2.11. The normalized spacial score (nSPS) is 11.0. The van der Waals surface area contributed by atoms with E-state index in [4.69, 9.17) is 0 Å². The summed E-state index contributed by atoms with van der Waals surface area (Å²) >= 11 is 0. The molecule has 4 aromatic rings. The van der Waals surface area contributed by atoms with Crippen LogP contribution in [-0.2, 0) is 14.1 Å². The van der Waals surface area contributed by atoms with Crippen LogP contribution in [0.5, 0.6) is 0 Å². The lowest BCUT2D eigenvalue weighted by atomic mass is 10.1. The lowest BCUT2D eigenvalue weighted by molar-refractivity contribution is 0.102. The maximum absolute atomic E-state index is 12.2. The molecule has 0 spiro atoms. The van der Waals surface area contributed by atoms with Crippen LogP contribution in [0, 0.1) is 6.92 Å². The van der Waals surface area contributed by atoms with Crippen molar-refractivity contribution in [2.45, 2.75) is 6.92 Å². The fourth-order valence-electron chi connectivity index (χ4n) is 2.73. The van der Waals surface area contributed by atoms with Gasteiger partial charge >= 0.3 is 0 Å². The molecule has 8 heteroatoms. The van der Waals surface area contributed by atoms with Gasteiger partial charge in [0.2, 0.25) is 5.95 Å². The molecule has 3 aromatic heterocycles. The van der Waals surface area contributed by atoms with Crippen LogP contribution < -0.4 is 5.32 Å². The van der Waals surface area contributed by atoms with Gasteiger partial charge in [-0.1, -0.05) is 12.1 Å². The number of fused-ring (bicyclic) bond motifs is 1. The molecule has 0 saturated heterocycles. The number of amides is 1. The number of aromatic nitrogens is 6. The van der Waals surface area contributed by atoms with Crippen molar-refractivity contribution < 1.29 is 4.79 Å². The SMILES string of the molecule is Cc1ncc(-c2ccc3cnc(NC(=O)c4cnn(C)c4)nc3c2)n1C. The smallest absolute Gasteiger partial charge is 0.261 e. The van der Waals surface area contributed by atoms with E-state index in [9.17, 15) is 4.79 Å². The van der Waals surface area contributed by atoms with Crippen molar-refractivity contribution >= 4 is 22.8 Å². The molecular weight excluding hydrogens is 330 g/mol. The van der Waals surface area contributed by atoms with E-state index in [2.05, 4.69) is 25.4 Å². The molecule has 0 aliphatic carbocycles. The minimum absolute atomic E-state index is 0.254. The van der Waals surface area contributed by atoms with Crippen molar-refractivity contribution in [1.82, 2.24) is 29.3 Å². The number of hydrogen-bond donors (Lipinski definition) is 1. The molecule has 0 radical (unpaired) electrons. The quantitative estimate of drug-likeness (QED) is 0.614. The van der Waals surface area contributed by atoms with E-state index in [0.29, 0.717) is 5.56 Å². The second kappa shape index (κ2) is 6.07. The first-order valence-electron chi connectivity index (χ1n) is 8.07. The number of rotatable bonds is 3. The van der Waals surface area contributed by atoms with Gasteiger partial charge in [0.25, 0.3) is 5.91 Å². The second-order valence-corrected chi connectivity index (χ2v) is 6.07. The van der Waals surface area contributed by atoms with Crippen LogP contribution in [-0.4, -0.2) is 35.2 Å². The number of carbonyl (C=O) groups excluding carboxylic acids is 1. The molecule has 0 aliphatic heterocycles. The number of imidazole rings is 1. The molecule has 0 atom stereocenters. The monoisotopic (exact) mass is 347 g/mol. The summed E-state index contributed by atoms with van der Waals surface area (Å²) in [7, 11) is 3.73. The maximum Gasteiger partial charge on any atom is 0.261 e. The maximum atomic E-state index is 12.2. The van der Waals surface area contributed by atoms with Gasteiger partial charge in [-0.05, 0) is 13.0 Å². The van der Waals surface area contributed by atoms with Gasteiger partial charge in [0.05, 0.1) is 29.2 Å². The Morgan fingerprint density at radius 3 is 2.65 bits per heavy atom. The van der Waals surface area contributed by atoms with E-state index >= 15 is 0 Å². The van der Waals surface area contributed by atoms with Crippen molar-refractivity contribution in [3.63, 3.8) is 0 Å². The molecule has 26 heavy (non-hydrogen) atoms. The zero-order valence-electron chi connectivity index (χ0n) is 14.6. The van der Waals surface area contributed by atoms with Crippen LogP contribution in [0.2, 0.25) is 0 Å². The average molecular weight is 347 g/mol. The summed E-state index contributed by atoms with van der Waals surface area (Å²) in [5.41, 5.74) is 3.21. The molecule has 1 aromatic carbocycles. The Morgan fingerprint density at radius 1 is 1.12 bits per heavy atom. The van der Waals surface area contributed by atoms with Crippen LogP contribution in [0.3, 0.4) is 0 Å². The average Bonchev–Trinajstić information content (AvgIpc) is 3.21. The van der Waals surface area contributed by atoms with Crippen molar-refractivity contribution in [2.75, 3.05) is 5.32 Å². The lowest BCUT2D eigenvalue weighted by Crippen LogP contribution is -2.13. The zero-order valence-corrected chi connectivity index (χ0v) is 14.6. The third kappa shape index (κ3) is 2.81. The summed E-state index contributed by atoms with van der Waals surface area (Å²) in [6, 6.07) is 5.93. The fraction of sp³-hybridized carbons (Fsp3) is 0.167. The lowest BCUT2D eigenvalue weighted by Gasteiger charge is -2.07. The predicted molar refractivity (Wildman–Crippen MR) is 97.6 cm³/mol. The van der Waals surface area contributed by atoms with E-state index in [0.717, 1.165) is 28.0 Å². The van der Waals surface area contributed by atoms with Crippen molar-refractivity contribution in [3.05, 3.63) is 54.4 Å². The molecule has 4 rings (SSSR count). The Balaban J connectivity index is 1.67. The van der Waals surface area contributed by atoms with Gasteiger partial charge in [-0.15, -0.1) is 0 Å². The van der Waals surface area contributed by atoms with Crippen molar-refractivity contribution in [1.29, 1.82) is 0 Å². The Hall–Kier alpha value is -3.55. The number of nitrogens with one attached hydrogen (secondary N) is 1. The highest BCUT2D eigenvalue weighted by Crippen LogP contribution is 2.24. The Labute approximate surface area is 149 Å². The molecule has 0 bridgehead atoms. The number of hydrogen-bond acceptors (Lipinski definition) is 5. The van der Waals surface area contributed by atoms with E-state index in [1.165, 1.54) is 6.20 Å². The Morgan fingerprint density at radius 2 is 1.96 bits per heavy atom. The molecule has 0 saturated carbocycles. The van der Waals surface area contributed by atoms with Gasteiger partial charge in [0.1, 0.15) is 5.82 Å². The standard InChI is InChI=1S/C18H17N7O/c1-11-19-9-16(25(11)3)12-4-5-13-7-20-18(22-15(13)6-12)23-17(26)14-8-21-24(2)10-14/h4-10H,1-3H3,(H,20,22,23,26). The topological polar surface area (TPSA) is 90.5 Å². The molecule has 0 unspecified atom stereocenters. The number of aryl methyl sites for hydroxylation is 2. The highest BCUT2D eigenvalue weighted by atomic mass is 16.1. The van der Waals surface area contributed by atoms with Crippen molar-refractivity contribution in [2.24, 2.45) is 14.1 Å². The van der Waals surface area contributed by atoms with Gasteiger partial charge in [-0.2, -0.15) is 5.10 Å². The first-order chi connectivity index (χ1) is 12.5. The van der Waals surface area contributed by atoms with Crippen LogP contribution in [0.1, 0.15) is 16.2 Å². The van der Waals surface area contributed by atoms with Gasteiger partial charge in [-0.25, -0.2) is 15.0 Å². The molecule has 130 valence electrons.